The molecule has 0 atom stereocenters. The van der Waals surface area contributed by atoms with Crippen LogP contribution in [0.5, 0.6) is 17.2 Å². The number of carbonyl (C=O) groups excluding carboxylic acids is 1. The summed E-state index contributed by atoms with van der Waals surface area (Å²) < 4.78 is 43.5. The lowest BCUT2D eigenvalue weighted by molar-refractivity contribution is 0.0950. The normalized spacial score (nSPS) is 14.6. The number of amides is 1. The highest BCUT2D eigenvalue weighted by Crippen LogP contribution is 2.38. The number of nitrogens with zero attached hydrogens (tertiary/aromatic N) is 1. The minimum Gasteiger partial charge on any atom is -0.493 e. The summed E-state index contributed by atoms with van der Waals surface area (Å²) in [5, 5.41) is 2.86. The molecule has 2 aromatic carbocycles. The molecule has 2 aromatic rings. The summed E-state index contributed by atoms with van der Waals surface area (Å²) in [6.07, 6.45) is 2.74. The van der Waals surface area contributed by atoms with Crippen LogP contribution in [0, 0.1) is 6.92 Å². The number of methoxy groups -OCH3 is 3. The van der Waals surface area contributed by atoms with Gasteiger partial charge in [0.2, 0.25) is 15.8 Å². The van der Waals surface area contributed by atoms with E-state index in [1.54, 1.807) is 31.2 Å². The Morgan fingerprint density at radius 3 is 2.16 bits per heavy atom. The number of nitrogens with one attached hydrogen (secondary N) is 1. The van der Waals surface area contributed by atoms with Crippen molar-refractivity contribution in [3.63, 3.8) is 0 Å². The van der Waals surface area contributed by atoms with Crippen LogP contribution in [0.2, 0.25) is 0 Å². The van der Waals surface area contributed by atoms with Gasteiger partial charge in [-0.05, 0) is 55.2 Å². The van der Waals surface area contributed by atoms with Gasteiger partial charge in [0.05, 0.1) is 26.2 Å². The Balaban J connectivity index is 1.81. The number of ether oxygens (including phenoxy) is 3. The maximum absolute atomic E-state index is 13.0. The molecule has 1 aliphatic rings. The van der Waals surface area contributed by atoms with Gasteiger partial charge in [-0.2, -0.15) is 4.31 Å². The number of hydrogen-bond donors (Lipinski definition) is 1. The van der Waals surface area contributed by atoms with Crippen molar-refractivity contribution in [2.24, 2.45) is 0 Å². The van der Waals surface area contributed by atoms with Crippen LogP contribution in [-0.2, 0) is 16.6 Å². The third kappa shape index (κ3) is 4.99. The number of hydrogen-bond acceptors (Lipinski definition) is 6. The summed E-state index contributed by atoms with van der Waals surface area (Å²) in [6.45, 7) is 3.02. The van der Waals surface area contributed by atoms with Crippen molar-refractivity contribution in [3.8, 4) is 17.2 Å². The summed E-state index contributed by atoms with van der Waals surface area (Å²) in [5.74, 6) is 1.09. The second-order valence-electron chi connectivity index (χ2n) is 7.66. The second kappa shape index (κ2) is 10.2. The number of benzene rings is 2. The Kier molecular flexibility index (Phi) is 7.63. The zero-order valence-corrected chi connectivity index (χ0v) is 19.8. The van der Waals surface area contributed by atoms with Crippen LogP contribution in [0.25, 0.3) is 0 Å². The van der Waals surface area contributed by atoms with Crippen LogP contribution in [0.4, 0.5) is 0 Å². The lowest BCUT2D eigenvalue weighted by Gasteiger charge is -2.26. The third-order valence-corrected chi connectivity index (χ3v) is 7.48. The van der Waals surface area contributed by atoms with Crippen molar-refractivity contribution in [1.29, 1.82) is 0 Å². The van der Waals surface area contributed by atoms with Crippen molar-refractivity contribution >= 4 is 15.9 Å². The monoisotopic (exact) mass is 462 g/mol. The second-order valence-corrected chi connectivity index (χ2v) is 9.60. The summed E-state index contributed by atoms with van der Waals surface area (Å²) in [6, 6.07) is 8.21. The molecule has 1 fully saturated rings. The number of carbonyl (C=O) groups is 1. The standard InChI is InChI=1S/C23H30N2O6S/c1-16-8-9-18(32(27,28)25-10-6-5-7-11-25)14-19(16)23(26)24-15-17-12-20(29-2)22(31-4)21(13-17)30-3/h8-9,12-14H,5-7,10-11,15H2,1-4H3,(H,24,26). The Hall–Kier alpha value is -2.78. The Morgan fingerprint density at radius 2 is 1.59 bits per heavy atom. The first kappa shape index (κ1) is 23.9. The molecule has 0 unspecified atom stereocenters. The van der Waals surface area contributed by atoms with E-state index in [1.165, 1.54) is 31.7 Å². The van der Waals surface area contributed by atoms with E-state index in [9.17, 15) is 13.2 Å². The average Bonchev–Trinajstić information content (AvgIpc) is 2.82. The number of aryl methyl sites for hydroxylation is 1. The Bertz CT molecular complexity index is 1050. The van der Waals surface area contributed by atoms with Gasteiger partial charge in [-0.25, -0.2) is 8.42 Å². The van der Waals surface area contributed by atoms with Gasteiger partial charge in [0.15, 0.2) is 11.5 Å². The predicted octanol–water partition coefficient (Wildman–Crippen LogP) is 3.13. The molecule has 8 nitrogen and oxygen atoms in total. The van der Waals surface area contributed by atoms with E-state index in [0.29, 0.717) is 41.5 Å². The highest BCUT2D eigenvalue weighted by molar-refractivity contribution is 7.89. The lowest BCUT2D eigenvalue weighted by atomic mass is 10.1. The van der Waals surface area contributed by atoms with Crippen molar-refractivity contribution in [2.45, 2.75) is 37.6 Å². The molecule has 0 bridgehead atoms. The van der Waals surface area contributed by atoms with Crippen molar-refractivity contribution in [1.82, 2.24) is 9.62 Å². The highest BCUT2D eigenvalue weighted by atomic mass is 32.2. The summed E-state index contributed by atoms with van der Waals surface area (Å²) in [4.78, 5) is 13.1. The van der Waals surface area contributed by atoms with Gasteiger partial charge in [-0.3, -0.25) is 4.79 Å². The molecule has 0 aliphatic carbocycles. The van der Waals surface area contributed by atoms with Gasteiger partial charge in [-0.15, -0.1) is 0 Å². The van der Waals surface area contributed by atoms with E-state index >= 15 is 0 Å². The smallest absolute Gasteiger partial charge is 0.251 e. The topological polar surface area (TPSA) is 94.2 Å². The van der Waals surface area contributed by atoms with E-state index in [-0.39, 0.29) is 17.3 Å². The van der Waals surface area contributed by atoms with E-state index in [2.05, 4.69) is 5.32 Å². The van der Waals surface area contributed by atoms with Crippen LogP contribution in [-0.4, -0.2) is 53.0 Å². The Morgan fingerprint density at radius 1 is 0.969 bits per heavy atom. The van der Waals surface area contributed by atoms with Crippen LogP contribution in [0.3, 0.4) is 0 Å². The van der Waals surface area contributed by atoms with Gasteiger partial charge < -0.3 is 19.5 Å². The molecule has 32 heavy (non-hydrogen) atoms. The van der Waals surface area contributed by atoms with Gasteiger partial charge in [0.1, 0.15) is 0 Å². The van der Waals surface area contributed by atoms with Crippen LogP contribution < -0.4 is 19.5 Å². The summed E-state index contributed by atoms with van der Waals surface area (Å²) in [5.41, 5.74) is 1.78. The van der Waals surface area contributed by atoms with Crippen LogP contribution in [0.1, 0.15) is 40.7 Å². The minimum absolute atomic E-state index is 0.142. The molecule has 1 saturated heterocycles. The fourth-order valence-corrected chi connectivity index (χ4v) is 5.32. The minimum atomic E-state index is -3.62. The predicted molar refractivity (Wildman–Crippen MR) is 121 cm³/mol. The first-order valence-electron chi connectivity index (χ1n) is 10.5. The molecule has 0 aromatic heterocycles. The zero-order valence-electron chi connectivity index (χ0n) is 18.9. The number of sulfonamides is 1. The average molecular weight is 463 g/mol. The molecule has 1 heterocycles. The molecule has 9 heteroatoms. The molecule has 0 spiro atoms. The quantitative estimate of drug-likeness (QED) is 0.648. The molecular weight excluding hydrogens is 432 g/mol. The fraction of sp³-hybridized carbons (Fsp3) is 0.435. The largest absolute Gasteiger partial charge is 0.493 e. The first-order chi connectivity index (χ1) is 15.3. The van der Waals surface area contributed by atoms with Crippen LogP contribution in [0.15, 0.2) is 35.2 Å². The first-order valence-corrected chi connectivity index (χ1v) is 11.9. The van der Waals surface area contributed by atoms with Crippen molar-refractivity contribution < 1.29 is 27.4 Å². The van der Waals surface area contributed by atoms with E-state index in [1.807, 2.05) is 0 Å². The maximum Gasteiger partial charge on any atom is 0.251 e. The molecule has 0 saturated carbocycles. The summed E-state index contributed by atoms with van der Waals surface area (Å²) >= 11 is 0. The molecule has 1 aliphatic heterocycles. The van der Waals surface area contributed by atoms with E-state index in [4.69, 9.17) is 14.2 Å². The SMILES string of the molecule is COc1cc(CNC(=O)c2cc(S(=O)(=O)N3CCCCC3)ccc2C)cc(OC)c1OC. The zero-order chi connectivity index (χ0) is 23.3. The molecule has 174 valence electrons. The Labute approximate surface area is 189 Å². The number of piperidine rings is 1. The summed E-state index contributed by atoms with van der Waals surface area (Å²) in [7, 11) is 0.952. The molecule has 3 rings (SSSR count). The van der Waals surface area contributed by atoms with Gasteiger partial charge in [-0.1, -0.05) is 12.5 Å². The van der Waals surface area contributed by atoms with Crippen LogP contribution >= 0.6 is 0 Å². The molecule has 1 amide bonds. The van der Waals surface area contributed by atoms with Crippen molar-refractivity contribution in [3.05, 3.63) is 47.0 Å². The van der Waals surface area contributed by atoms with Gasteiger partial charge in [0.25, 0.3) is 5.91 Å². The van der Waals surface area contributed by atoms with Crippen molar-refractivity contribution in [2.75, 3.05) is 34.4 Å². The van der Waals surface area contributed by atoms with E-state index < -0.39 is 10.0 Å². The molecule has 0 radical (unpaired) electrons. The lowest BCUT2D eigenvalue weighted by Crippen LogP contribution is -2.35. The fourth-order valence-electron chi connectivity index (χ4n) is 3.78. The number of rotatable bonds is 8. The third-order valence-electron chi connectivity index (χ3n) is 5.58. The molecular formula is C23H30N2O6S. The molecule has 1 N–H and O–H groups in total. The van der Waals surface area contributed by atoms with E-state index in [0.717, 1.165) is 24.8 Å². The highest BCUT2D eigenvalue weighted by Gasteiger charge is 2.27. The maximum atomic E-state index is 13.0. The van der Waals surface area contributed by atoms with Gasteiger partial charge in [0, 0.05) is 25.2 Å². The van der Waals surface area contributed by atoms with Gasteiger partial charge >= 0.3 is 0 Å².